The van der Waals surface area contributed by atoms with Crippen LogP contribution in [-0.2, 0) is 12.8 Å². The van der Waals surface area contributed by atoms with Crippen molar-refractivity contribution < 1.29 is 4.79 Å². The minimum Gasteiger partial charge on any atom is -0.366 e. The molecule has 0 aliphatic carbocycles. The molecule has 1 heterocycles. The van der Waals surface area contributed by atoms with Gasteiger partial charge in [-0.2, -0.15) is 0 Å². The van der Waals surface area contributed by atoms with E-state index in [1.54, 1.807) is 0 Å². The number of nitrogens with two attached hydrogens (primary N) is 1. The van der Waals surface area contributed by atoms with Crippen molar-refractivity contribution in [1.82, 2.24) is 5.32 Å². The molecule has 0 radical (unpaired) electrons. The average molecular weight is 309 g/mol. The first-order valence-electron chi connectivity index (χ1n) is 8.16. The van der Waals surface area contributed by atoms with Crippen molar-refractivity contribution in [3.05, 3.63) is 65.7 Å². The normalized spacial score (nSPS) is 16.7. The first-order valence-corrected chi connectivity index (χ1v) is 8.16. The highest BCUT2D eigenvalue weighted by molar-refractivity contribution is 5.71. The van der Waals surface area contributed by atoms with E-state index in [0.29, 0.717) is 12.6 Å². The fraction of sp³-hybridized carbons (Fsp3) is 0.316. The van der Waals surface area contributed by atoms with Crippen LogP contribution in [0.25, 0.3) is 0 Å². The van der Waals surface area contributed by atoms with E-state index in [2.05, 4.69) is 58.7 Å². The molecule has 2 amide bonds. The van der Waals surface area contributed by atoms with Crippen molar-refractivity contribution >= 4 is 11.7 Å². The minimum atomic E-state index is -0.452. The van der Waals surface area contributed by atoms with Crippen LogP contribution >= 0.6 is 0 Å². The van der Waals surface area contributed by atoms with Gasteiger partial charge >= 0.3 is 6.03 Å². The highest BCUT2D eigenvalue weighted by atomic mass is 16.2. The predicted octanol–water partition coefficient (Wildman–Crippen LogP) is 2.72. The van der Waals surface area contributed by atoms with Gasteiger partial charge in [-0.25, -0.2) is 4.79 Å². The van der Waals surface area contributed by atoms with Gasteiger partial charge in [0.05, 0.1) is 0 Å². The third-order valence-electron chi connectivity index (χ3n) is 4.48. The number of carbonyl (C=O) groups is 1. The van der Waals surface area contributed by atoms with E-state index >= 15 is 0 Å². The maximum absolute atomic E-state index is 11.1. The van der Waals surface area contributed by atoms with Crippen LogP contribution < -0.4 is 16.0 Å². The van der Waals surface area contributed by atoms with Gasteiger partial charge in [0.1, 0.15) is 0 Å². The minimum absolute atomic E-state index is 0.293. The molecule has 0 fully saturated rings. The number of carbonyl (C=O) groups excluding carboxylic acids is 1. The van der Waals surface area contributed by atoms with Crippen LogP contribution in [-0.4, -0.2) is 25.2 Å². The molecule has 1 aliphatic heterocycles. The van der Waals surface area contributed by atoms with Gasteiger partial charge in [0, 0.05) is 24.8 Å². The number of nitrogens with one attached hydrogen (secondary N) is 1. The average Bonchev–Trinajstić information content (AvgIpc) is 2.59. The van der Waals surface area contributed by atoms with Gasteiger partial charge in [-0.1, -0.05) is 48.5 Å². The van der Waals surface area contributed by atoms with Crippen LogP contribution in [0.1, 0.15) is 17.5 Å². The Morgan fingerprint density at radius 3 is 2.65 bits per heavy atom. The number of benzene rings is 2. The second-order valence-corrected chi connectivity index (χ2v) is 6.00. The second kappa shape index (κ2) is 7.18. The summed E-state index contributed by atoms with van der Waals surface area (Å²) in [7, 11) is 0. The predicted molar refractivity (Wildman–Crippen MR) is 93.6 cm³/mol. The standard InChI is InChI=1S/C19H23N3O/c20-19(23)21-14-17-11-10-16-8-4-5-9-18(16)22(17)13-12-15-6-2-1-3-7-15/h1-9,17H,10-14H2,(H3,20,21,23). The zero-order chi connectivity index (χ0) is 16.1. The molecule has 0 saturated heterocycles. The molecule has 0 saturated carbocycles. The third-order valence-corrected chi connectivity index (χ3v) is 4.48. The number of nitrogens with zero attached hydrogens (tertiary/aromatic N) is 1. The van der Waals surface area contributed by atoms with Crippen molar-refractivity contribution in [2.24, 2.45) is 5.73 Å². The summed E-state index contributed by atoms with van der Waals surface area (Å²) in [6.45, 7) is 1.53. The molecule has 0 spiro atoms. The zero-order valence-electron chi connectivity index (χ0n) is 13.2. The molecule has 1 unspecified atom stereocenters. The molecule has 3 rings (SSSR count). The lowest BCUT2D eigenvalue weighted by Crippen LogP contribution is -2.48. The van der Waals surface area contributed by atoms with Crippen molar-refractivity contribution in [2.45, 2.75) is 25.3 Å². The van der Waals surface area contributed by atoms with Crippen LogP contribution in [0.2, 0.25) is 0 Å². The Morgan fingerprint density at radius 1 is 1.13 bits per heavy atom. The number of hydrogen-bond acceptors (Lipinski definition) is 2. The Hall–Kier alpha value is -2.49. The summed E-state index contributed by atoms with van der Waals surface area (Å²) < 4.78 is 0. The number of anilines is 1. The molecule has 3 N–H and O–H groups in total. The van der Waals surface area contributed by atoms with E-state index in [1.165, 1.54) is 16.8 Å². The molecule has 4 heteroatoms. The van der Waals surface area contributed by atoms with E-state index in [-0.39, 0.29) is 0 Å². The first kappa shape index (κ1) is 15.4. The number of primary amides is 1. The Labute approximate surface area is 137 Å². The molecule has 0 bridgehead atoms. The van der Waals surface area contributed by atoms with Gasteiger partial charge in [0.25, 0.3) is 0 Å². The number of aryl methyl sites for hydroxylation is 1. The van der Waals surface area contributed by atoms with Crippen LogP contribution in [0.5, 0.6) is 0 Å². The third kappa shape index (κ3) is 3.83. The molecular weight excluding hydrogens is 286 g/mol. The lowest BCUT2D eigenvalue weighted by molar-refractivity contribution is 0.248. The largest absolute Gasteiger partial charge is 0.366 e. The fourth-order valence-electron chi connectivity index (χ4n) is 3.30. The molecule has 1 aliphatic rings. The second-order valence-electron chi connectivity index (χ2n) is 6.00. The van der Waals surface area contributed by atoms with Crippen LogP contribution in [0.4, 0.5) is 10.5 Å². The van der Waals surface area contributed by atoms with Crippen LogP contribution in [0.15, 0.2) is 54.6 Å². The summed E-state index contributed by atoms with van der Waals surface area (Å²) in [5.41, 5.74) is 9.25. The first-order chi connectivity index (χ1) is 11.2. The number of urea groups is 1. The summed E-state index contributed by atoms with van der Waals surface area (Å²) in [5.74, 6) is 0. The van der Waals surface area contributed by atoms with Gasteiger partial charge in [0.2, 0.25) is 0 Å². The van der Waals surface area contributed by atoms with Crippen molar-refractivity contribution in [2.75, 3.05) is 18.0 Å². The number of hydrogen-bond donors (Lipinski definition) is 2. The highest BCUT2D eigenvalue weighted by Crippen LogP contribution is 2.30. The SMILES string of the molecule is NC(=O)NCC1CCc2ccccc2N1CCc1ccccc1. The van der Waals surface area contributed by atoms with E-state index < -0.39 is 6.03 Å². The maximum Gasteiger partial charge on any atom is 0.312 e. The van der Waals surface area contributed by atoms with E-state index in [9.17, 15) is 4.79 Å². The fourth-order valence-corrected chi connectivity index (χ4v) is 3.30. The summed E-state index contributed by atoms with van der Waals surface area (Å²) in [6.07, 6.45) is 3.07. The molecule has 2 aromatic carbocycles. The van der Waals surface area contributed by atoms with Gasteiger partial charge in [-0.15, -0.1) is 0 Å². The molecule has 4 nitrogen and oxygen atoms in total. The van der Waals surface area contributed by atoms with Crippen LogP contribution in [0.3, 0.4) is 0 Å². The summed E-state index contributed by atoms with van der Waals surface area (Å²) in [6, 6.07) is 18.9. The summed E-state index contributed by atoms with van der Waals surface area (Å²) in [5, 5.41) is 2.77. The highest BCUT2D eigenvalue weighted by Gasteiger charge is 2.25. The Morgan fingerprint density at radius 2 is 1.87 bits per heavy atom. The van der Waals surface area contributed by atoms with E-state index in [0.717, 1.165) is 25.8 Å². The molecule has 1 atom stereocenters. The maximum atomic E-state index is 11.1. The summed E-state index contributed by atoms with van der Waals surface area (Å²) in [4.78, 5) is 13.5. The smallest absolute Gasteiger partial charge is 0.312 e. The Kier molecular flexibility index (Phi) is 4.81. The Balaban J connectivity index is 1.76. The van der Waals surface area contributed by atoms with Gasteiger partial charge < -0.3 is 16.0 Å². The molecular formula is C19H23N3O. The summed E-state index contributed by atoms with van der Waals surface area (Å²) >= 11 is 0. The van der Waals surface area contributed by atoms with E-state index in [1.807, 2.05) is 6.07 Å². The Bertz CT molecular complexity index is 657. The van der Waals surface area contributed by atoms with Crippen molar-refractivity contribution in [1.29, 1.82) is 0 Å². The van der Waals surface area contributed by atoms with Gasteiger partial charge in [-0.05, 0) is 36.5 Å². The lowest BCUT2D eigenvalue weighted by atomic mass is 9.95. The van der Waals surface area contributed by atoms with Crippen molar-refractivity contribution in [3.63, 3.8) is 0 Å². The molecule has 23 heavy (non-hydrogen) atoms. The monoisotopic (exact) mass is 309 g/mol. The lowest BCUT2D eigenvalue weighted by Gasteiger charge is -2.39. The number of rotatable bonds is 5. The number of para-hydroxylation sites is 1. The zero-order valence-corrected chi connectivity index (χ0v) is 13.2. The topological polar surface area (TPSA) is 58.4 Å². The van der Waals surface area contributed by atoms with Gasteiger partial charge in [-0.3, -0.25) is 0 Å². The van der Waals surface area contributed by atoms with Crippen molar-refractivity contribution in [3.8, 4) is 0 Å². The molecule has 0 aromatic heterocycles. The number of amides is 2. The number of fused-ring (bicyclic) bond motifs is 1. The van der Waals surface area contributed by atoms with Gasteiger partial charge in [0.15, 0.2) is 0 Å². The molecule has 2 aromatic rings. The van der Waals surface area contributed by atoms with E-state index in [4.69, 9.17) is 5.73 Å². The van der Waals surface area contributed by atoms with Crippen LogP contribution in [0, 0.1) is 0 Å². The quantitative estimate of drug-likeness (QED) is 0.892. The molecule has 120 valence electrons.